The first-order valence-corrected chi connectivity index (χ1v) is 7.44. The number of carbonyl (C=O) groups excluding carboxylic acids is 2. The Bertz CT molecular complexity index is 479. The summed E-state index contributed by atoms with van der Waals surface area (Å²) >= 11 is 1.60. The summed E-state index contributed by atoms with van der Waals surface area (Å²) in [4.78, 5) is 25.3. The number of quaternary nitrogens is 1. The van der Waals surface area contributed by atoms with Gasteiger partial charge in [-0.1, -0.05) is 12.1 Å². The van der Waals surface area contributed by atoms with Gasteiger partial charge in [0, 0.05) is 4.90 Å². The molecule has 3 N–H and O–H groups in total. The van der Waals surface area contributed by atoms with Crippen molar-refractivity contribution in [1.29, 1.82) is 0 Å². The number of carbonyl (C=O) groups is 2. The van der Waals surface area contributed by atoms with Crippen LogP contribution in [0.2, 0.25) is 0 Å². The van der Waals surface area contributed by atoms with Gasteiger partial charge in [-0.3, -0.25) is 9.59 Å². The molecular formula is C13H18N3O2S+. The normalized spacial score (nSPS) is 18.8. The molecule has 2 rings (SSSR count). The maximum Gasteiger partial charge on any atom is 0.279 e. The molecule has 0 spiro atoms. The molecule has 0 aliphatic carbocycles. The highest BCUT2D eigenvalue weighted by Gasteiger charge is 2.22. The van der Waals surface area contributed by atoms with Gasteiger partial charge in [-0.25, -0.2) is 0 Å². The van der Waals surface area contributed by atoms with E-state index in [9.17, 15) is 9.59 Å². The molecule has 1 atom stereocenters. The highest BCUT2D eigenvalue weighted by molar-refractivity contribution is 7.98. The lowest BCUT2D eigenvalue weighted by atomic mass is 10.3. The Morgan fingerprint density at radius 2 is 2.26 bits per heavy atom. The fraction of sp³-hybridized carbons (Fsp3) is 0.385. The van der Waals surface area contributed by atoms with E-state index in [1.165, 1.54) is 0 Å². The lowest BCUT2D eigenvalue weighted by Gasteiger charge is -2.23. The highest BCUT2D eigenvalue weighted by atomic mass is 32.2. The first-order valence-electron chi connectivity index (χ1n) is 6.22. The zero-order valence-electron chi connectivity index (χ0n) is 10.9. The number of anilines is 1. The second kappa shape index (κ2) is 6.58. The van der Waals surface area contributed by atoms with Crippen LogP contribution in [0.5, 0.6) is 0 Å². The summed E-state index contributed by atoms with van der Waals surface area (Å²) < 4.78 is 0. The molecule has 1 aliphatic heterocycles. The summed E-state index contributed by atoms with van der Waals surface area (Å²) in [5.41, 5.74) is 0.834. The summed E-state index contributed by atoms with van der Waals surface area (Å²) in [6.07, 6.45) is 1.98. The third kappa shape index (κ3) is 3.97. The number of benzene rings is 1. The van der Waals surface area contributed by atoms with Crippen LogP contribution in [-0.2, 0) is 9.59 Å². The Morgan fingerprint density at radius 3 is 3.00 bits per heavy atom. The molecule has 0 bridgehead atoms. The first kappa shape index (κ1) is 13.9. The minimum Gasteiger partial charge on any atom is -0.346 e. The monoisotopic (exact) mass is 280 g/mol. The van der Waals surface area contributed by atoms with Crippen molar-refractivity contribution in [2.75, 3.05) is 37.8 Å². The number of para-hydroxylation sites is 1. The number of amides is 2. The van der Waals surface area contributed by atoms with Gasteiger partial charge in [-0.2, -0.15) is 0 Å². The van der Waals surface area contributed by atoms with Crippen LogP contribution >= 0.6 is 11.8 Å². The second-order valence-electron chi connectivity index (χ2n) is 4.45. The standard InChI is InChI=1S/C13H17N3O2S/c1-19-11-5-3-2-4-10(11)15-13(18)9-16-7-6-14-12(17)8-16/h2-5H,6-9H2,1H3,(H,14,17)(H,15,18)/p+1. The van der Waals surface area contributed by atoms with Gasteiger partial charge in [0.25, 0.3) is 11.8 Å². The number of piperazine rings is 1. The topological polar surface area (TPSA) is 62.6 Å². The van der Waals surface area contributed by atoms with E-state index in [-0.39, 0.29) is 11.8 Å². The van der Waals surface area contributed by atoms with E-state index in [4.69, 9.17) is 0 Å². The third-order valence-corrected chi connectivity index (χ3v) is 3.80. The molecule has 102 valence electrons. The van der Waals surface area contributed by atoms with Crippen LogP contribution in [-0.4, -0.2) is 44.2 Å². The van der Waals surface area contributed by atoms with Crippen molar-refractivity contribution in [3.63, 3.8) is 0 Å². The van der Waals surface area contributed by atoms with Crippen molar-refractivity contribution in [3.05, 3.63) is 24.3 Å². The molecule has 6 heteroatoms. The molecule has 1 fully saturated rings. The molecule has 2 amide bonds. The molecule has 1 aromatic rings. The van der Waals surface area contributed by atoms with Crippen LogP contribution in [0.3, 0.4) is 0 Å². The molecule has 19 heavy (non-hydrogen) atoms. The summed E-state index contributed by atoms with van der Waals surface area (Å²) in [5, 5.41) is 5.67. The molecule has 1 saturated heterocycles. The lowest BCUT2D eigenvalue weighted by Crippen LogP contribution is -3.16. The molecule has 1 unspecified atom stereocenters. The number of hydrogen-bond acceptors (Lipinski definition) is 3. The van der Waals surface area contributed by atoms with E-state index < -0.39 is 0 Å². The van der Waals surface area contributed by atoms with Crippen molar-refractivity contribution in [3.8, 4) is 0 Å². The second-order valence-corrected chi connectivity index (χ2v) is 5.30. The van der Waals surface area contributed by atoms with Gasteiger partial charge in [0.2, 0.25) is 0 Å². The zero-order chi connectivity index (χ0) is 13.7. The van der Waals surface area contributed by atoms with Crippen molar-refractivity contribution >= 4 is 29.3 Å². The Morgan fingerprint density at radius 1 is 1.47 bits per heavy atom. The van der Waals surface area contributed by atoms with E-state index in [2.05, 4.69) is 10.6 Å². The van der Waals surface area contributed by atoms with E-state index in [1.54, 1.807) is 11.8 Å². The van der Waals surface area contributed by atoms with Crippen molar-refractivity contribution in [1.82, 2.24) is 5.32 Å². The Balaban J connectivity index is 1.92. The van der Waals surface area contributed by atoms with E-state index in [0.717, 1.165) is 22.0 Å². The fourth-order valence-electron chi connectivity index (χ4n) is 2.08. The quantitative estimate of drug-likeness (QED) is 0.643. The maximum absolute atomic E-state index is 12.0. The molecule has 0 aromatic heterocycles. The van der Waals surface area contributed by atoms with Crippen LogP contribution in [0.15, 0.2) is 29.2 Å². The molecule has 1 aromatic carbocycles. The third-order valence-electron chi connectivity index (χ3n) is 3.00. The number of rotatable bonds is 4. The van der Waals surface area contributed by atoms with Crippen molar-refractivity contribution < 1.29 is 14.5 Å². The van der Waals surface area contributed by atoms with Crippen molar-refractivity contribution in [2.24, 2.45) is 0 Å². The van der Waals surface area contributed by atoms with Gasteiger partial charge in [0.15, 0.2) is 13.1 Å². The largest absolute Gasteiger partial charge is 0.346 e. The Labute approximate surface area is 116 Å². The summed E-state index contributed by atoms with van der Waals surface area (Å²) in [6.45, 7) is 2.14. The molecule has 5 nitrogen and oxygen atoms in total. The fourth-order valence-corrected chi connectivity index (χ4v) is 2.63. The maximum atomic E-state index is 12.0. The Kier molecular flexibility index (Phi) is 4.81. The predicted molar refractivity (Wildman–Crippen MR) is 75.4 cm³/mol. The number of nitrogens with one attached hydrogen (secondary N) is 3. The summed E-state index contributed by atoms with van der Waals surface area (Å²) in [7, 11) is 0. The van der Waals surface area contributed by atoms with Crippen LogP contribution in [0.4, 0.5) is 5.69 Å². The van der Waals surface area contributed by atoms with Crippen LogP contribution in [0.1, 0.15) is 0 Å². The van der Waals surface area contributed by atoms with Crippen LogP contribution in [0, 0.1) is 0 Å². The van der Waals surface area contributed by atoms with Crippen LogP contribution in [0.25, 0.3) is 0 Å². The van der Waals surface area contributed by atoms with Gasteiger partial charge >= 0.3 is 0 Å². The highest BCUT2D eigenvalue weighted by Crippen LogP contribution is 2.24. The van der Waals surface area contributed by atoms with Crippen molar-refractivity contribution in [2.45, 2.75) is 4.90 Å². The van der Waals surface area contributed by atoms with Gasteiger partial charge in [0.05, 0.1) is 18.8 Å². The van der Waals surface area contributed by atoms with Gasteiger partial charge < -0.3 is 15.5 Å². The molecule has 1 heterocycles. The van der Waals surface area contributed by atoms with E-state index in [0.29, 0.717) is 19.6 Å². The molecule has 0 saturated carbocycles. The lowest BCUT2D eigenvalue weighted by molar-refractivity contribution is -0.885. The smallest absolute Gasteiger partial charge is 0.279 e. The molecule has 0 radical (unpaired) electrons. The Hall–Kier alpha value is -1.53. The minimum atomic E-state index is -0.0498. The van der Waals surface area contributed by atoms with E-state index in [1.807, 2.05) is 30.5 Å². The average molecular weight is 280 g/mol. The number of thioether (sulfide) groups is 1. The number of hydrogen-bond donors (Lipinski definition) is 3. The predicted octanol–water partition coefficient (Wildman–Crippen LogP) is -0.638. The SMILES string of the molecule is CSc1ccccc1NC(=O)C[NH+]1CCNC(=O)C1. The zero-order valence-corrected chi connectivity index (χ0v) is 11.7. The summed E-state index contributed by atoms with van der Waals surface area (Å²) in [6, 6.07) is 7.71. The molecule has 1 aliphatic rings. The minimum absolute atomic E-state index is 0.0126. The van der Waals surface area contributed by atoms with E-state index >= 15 is 0 Å². The van der Waals surface area contributed by atoms with Gasteiger partial charge in [-0.05, 0) is 18.4 Å². The first-order chi connectivity index (χ1) is 9.19. The van der Waals surface area contributed by atoms with Crippen LogP contribution < -0.4 is 15.5 Å². The van der Waals surface area contributed by atoms with Gasteiger partial charge in [-0.15, -0.1) is 11.8 Å². The molecular weight excluding hydrogens is 262 g/mol. The summed E-state index contributed by atoms with van der Waals surface area (Å²) in [5.74, 6) is -0.0373. The van der Waals surface area contributed by atoms with Gasteiger partial charge in [0.1, 0.15) is 0 Å². The average Bonchev–Trinajstić information content (AvgIpc) is 2.39.